The second-order valence-electron chi connectivity index (χ2n) is 19.7. The highest BCUT2D eigenvalue weighted by Crippen LogP contribution is 2.36. The molecule has 4 aromatic heterocycles. The zero-order valence-corrected chi connectivity index (χ0v) is 38.7. The second-order valence-corrected chi connectivity index (χ2v) is 19.7. The van der Waals surface area contributed by atoms with Crippen LogP contribution in [-0.2, 0) is 39.8 Å². The molecule has 3 amide bonds. The molecule has 2 aliphatic heterocycles. The summed E-state index contributed by atoms with van der Waals surface area (Å²) in [4.78, 5) is 64.9. The highest BCUT2D eigenvalue weighted by molar-refractivity contribution is 6.03. The summed E-state index contributed by atoms with van der Waals surface area (Å²) in [5.41, 5.74) is 3.89. The van der Waals surface area contributed by atoms with Gasteiger partial charge in [0, 0.05) is 63.3 Å². The number of carbonyl (C=O) groups excluding carboxylic acids is 3. The van der Waals surface area contributed by atoms with Crippen molar-refractivity contribution in [3.63, 3.8) is 0 Å². The number of imidazole rings is 1. The molecule has 17 heteroatoms. The van der Waals surface area contributed by atoms with E-state index in [1.807, 2.05) is 41.2 Å². The number of aromatic nitrogens is 6. The van der Waals surface area contributed by atoms with Gasteiger partial charge in [-0.15, -0.1) is 0 Å². The number of ether oxygens (including phenoxy) is 1. The van der Waals surface area contributed by atoms with E-state index in [0.29, 0.717) is 41.7 Å². The smallest absolute Gasteiger partial charge is 0.329 e. The molecule has 0 radical (unpaired) electrons. The molecular formula is C49H64N10O7. The zero-order valence-electron chi connectivity index (χ0n) is 38.7. The Morgan fingerprint density at radius 2 is 1.80 bits per heavy atom. The first kappa shape index (κ1) is 45.7. The van der Waals surface area contributed by atoms with Gasteiger partial charge < -0.3 is 24.5 Å². The maximum absolute atomic E-state index is 13.5. The number of nitrogens with one attached hydrogen (secondary N) is 2. The minimum atomic E-state index is -1.28. The number of likely N-dealkylation sites (N-methyl/N-ethyl adjacent to an activating group) is 1. The number of rotatable bonds is 17. The summed E-state index contributed by atoms with van der Waals surface area (Å²) >= 11 is 0. The normalized spacial score (nSPS) is 22.0. The van der Waals surface area contributed by atoms with E-state index in [2.05, 4.69) is 37.4 Å². The number of piperidine rings is 1. The third-order valence-electron chi connectivity index (χ3n) is 14.0. The molecule has 352 valence electrons. The number of pyridine rings is 1. The van der Waals surface area contributed by atoms with Gasteiger partial charge in [-0.05, 0) is 127 Å². The first-order chi connectivity index (χ1) is 31.7. The Bertz CT molecular complexity index is 2610. The van der Waals surface area contributed by atoms with Crippen LogP contribution in [0, 0.1) is 11.8 Å². The van der Waals surface area contributed by atoms with Crippen LogP contribution in [-0.4, -0.2) is 114 Å². The number of aliphatic hydroxyl groups is 1. The highest BCUT2D eigenvalue weighted by atomic mass is 16.5. The number of nitrogens with zero attached hydrogens (tertiary/aromatic N) is 8. The standard InChI is InChI=1S/C49H64N10O7/c1-49(2,64)44-38(51-45(61)39-30-66-47(52-39)34-19-20-50-35(25-34)13-9-31-7-8-31)29-58(54-44)36-14-10-33(11-15-36)26-55(3)27-37-28-57(22-23-65-37)21-5-6-32-12-16-40-42(24-32)56(4)48(63)59(40)41-17-18-43(60)53-46(41)62/h12,16,19-20,24-25,29-31,33,36-37,41,64H,5-11,13-15,17-18,21-23,26-28H2,1-4H3,(H,51,61)(H,53,60,62)/t33?,36?,37-,41?/m1/s1. The Morgan fingerprint density at radius 3 is 2.58 bits per heavy atom. The lowest BCUT2D eigenvalue weighted by molar-refractivity contribution is -0.135. The SMILES string of the molecule is CN(CC1CCC(n2cc(NC(=O)c3coc(-c4ccnc(CCC5CC5)c4)n3)c(C(C)(C)O)n2)CC1)C[C@@H]1CN(CCCc2ccc3c(c2)n(C)c(=O)n3C2CCC(=O)NC2=O)CCO1. The van der Waals surface area contributed by atoms with Crippen LogP contribution in [0.4, 0.5) is 5.69 Å². The lowest BCUT2D eigenvalue weighted by Crippen LogP contribution is -2.47. The molecule has 2 saturated carbocycles. The van der Waals surface area contributed by atoms with Gasteiger partial charge >= 0.3 is 5.69 Å². The monoisotopic (exact) mass is 904 g/mol. The van der Waals surface area contributed by atoms with Crippen LogP contribution in [0.2, 0.25) is 0 Å². The Morgan fingerprint density at radius 1 is 1.00 bits per heavy atom. The Labute approximate surface area is 384 Å². The molecule has 0 spiro atoms. The molecule has 5 aromatic rings. The van der Waals surface area contributed by atoms with E-state index in [-0.39, 0.29) is 35.9 Å². The van der Waals surface area contributed by atoms with Gasteiger partial charge in [0.1, 0.15) is 23.6 Å². The summed E-state index contributed by atoms with van der Waals surface area (Å²) in [5.74, 6) is 0.566. The molecule has 1 unspecified atom stereocenters. The number of hydrogen-bond donors (Lipinski definition) is 3. The Kier molecular flexibility index (Phi) is 13.4. The van der Waals surface area contributed by atoms with Crippen molar-refractivity contribution >= 4 is 34.4 Å². The summed E-state index contributed by atoms with van der Waals surface area (Å²) in [6.07, 6.45) is 16.1. The van der Waals surface area contributed by atoms with Crippen LogP contribution in [0.5, 0.6) is 0 Å². The summed E-state index contributed by atoms with van der Waals surface area (Å²) in [6.45, 7) is 8.63. The minimum Gasteiger partial charge on any atom is -0.444 e. The fourth-order valence-electron chi connectivity index (χ4n) is 10.2. The molecule has 3 N–H and O–H groups in total. The summed E-state index contributed by atoms with van der Waals surface area (Å²) in [7, 11) is 3.92. The average Bonchev–Trinajstić information content (AvgIpc) is 3.69. The fourth-order valence-corrected chi connectivity index (χ4v) is 10.2. The fraction of sp³-hybridized carbons (Fsp3) is 0.571. The zero-order chi connectivity index (χ0) is 46.1. The molecule has 6 heterocycles. The number of carbonyl (C=O) groups is 3. The first-order valence-corrected chi connectivity index (χ1v) is 23.9. The van der Waals surface area contributed by atoms with E-state index in [9.17, 15) is 24.3 Å². The van der Waals surface area contributed by atoms with Crippen molar-refractivity contribution in [1.82, 2.24) is 44.0 Å². The number of fused-ring (bicyclic) bond motifs is 1. The molecule has 2 atom stereocenters. The molecule has 4 aliphatic rings. The quantitative estimate of drug-likeness (QED) is 0.101. The lowest BCUT2D eigenvalue weighted by Gasteiger charge is -2.36. The maximum atomic E-state index is 13.5. The number of hydrogen-bond acceptors (Lipinski definition) is 12. The number of morpholine rings is 1. The average molecular weight is 905 g/mol. The highest BCUT2D eigenvalue weighted by Gasteiger charge is 2.33. The summed E-state index contributed by atoms with van der Waals surface area (Å²) in [5, 5.41) is 21.3. The van der Waals surface area contributed by atoms with Crippen molar-refractivity contribution in [2.75, 3.05) is 51.7 Å². The van der Waals surface area contributed by atoms with Gasteiger partial charge in [-0.1, -0.05) is 18.9 Å². The van der Waals surface area contributed by atoms with Gasteiger partial charge in [0.2, 0.25) is 17.7 Å². The third-order valence-corrected chi connectivity index (χ3v) is 14.0. The van der Waals surface area contributed by atoms with E-state index < -0.39 is 23.5 Å². The number of imide groups is 1. The maximum Gasteiger partial charge on any atom is 0.329 e. The Balaban J connectivity index is 0.729. The van der Waals surface area contributed by atoms with Gasteiger partial charge in [-0.3, -0.25) is 43.4 Å². The van der Waals surface area contributed by atoms with Gasteiger partial charge in [0.15, 0.2) is 5.69 Å². The van der Waals surface area contributed by atoms with Crippen molar-refractivity contribution in [3.8, 4) is 11.5 Å². The van der Waals surface area contributed by atoms with Crippen molar-refractivity contribution in [2.24, 2.45) is 18.9 Å². The molecule has 2 saturated heterocycles. The van der Waals surface area contributed by atoms with Crippen molar-refractivity contribution in [2.45, 2.75) is 115 Å². The summed E-state index contributed by atoms with van der Waals surface area (Å²) in [6, 6.07) is 9.30. The minimum absolute atomic E-state index is 0.130. The van der Waals surface area contributed by atoms with Crippen LogP contribution < -0.4 is 16.3 Å². The van der Waals surface area contributed by atoms with Gasteiger partial charge in [0.25, 0.3) is 5.91 Å². The van der Waals surface area contributed by atoms with Crippen LogP contribution in [0.3, 0.4) is 0 Å². The molecule has 66 heavy (non-hydrogen) atoms. The topological polar surface area (TPSA) is 195 Å². The predicted octanol–water partition coefficient (Wildman–Crippen LogP) is 5.38. The van der Waals surface area contributed by atoms with Crippen LogP contribution in [0.25, 0.3) is 22.5 Å². The number of benzene rings is 1. The van der Waals surface area contributed by atoms with Gasteiger partial charge in [0.05, 0.1) is 35.5 Å². The number of oxazole rings is 1. The van der Waals surface area contributed by atoms with Crippen molar-refractivity contribution < 1.29 is 28.6 Å². The van der Waals surface area contributed by atoms with E-state index in [1.54, 1.807) is 31.7 Å². The number of aryl methyl sites for hydroxylation is 3. The molecule has 9 rings (SSSR count). The molecule has 17 nitrogen and oxygen atoms in total. The molecule has 0 bridgehead atoms. The van der Waals surface area contributed by atoms with Crippen molar-refractivity contribution in [3.05, 3.63) is 82.1 Å². The van der Waals surface area contributed by atoms with Gasteiger partial charge in [-0.2, -0.15) is 5.10 Å². The van der Waals surface area contributed by atoms with E-state index >= 15 is 0 Å². The number of anilines is 1. The van der Waals surface area contributed by atoms with Crippen molar-refractivity contribution in [1.29, 1.82) is 0 Å². The Hall–Kier alpha value is -5.49. The van der Waals surface area contributed by atoms with E-state index in [1.165, 1.54) is 23.7 Å². The largest absolute Gasteiger partial charge is 0.444 e. The third kappa shape index (κ3) is 10.5. The molecular weight excluding hydrogens is 841 g/mol. The van der Waals surface area contributed by atoms with E-state index in [4.69, 9.17) is 14.3 Å². The van der Waals surface area contributed by atoms with E-state index in [0.717, 1.165) is 112 Å². The second kappa shape index (κ2) is 19.4. The predicted molar refractivity (Wildman–Crippen MR) is 248 cm³/mol. The molecule has 4 fully saturated rings. The van der Waals surface area contributed by atoms with Crippen LogP contribution >= 0.6 is 0 Å². The lowest BCUT2D eigenvalue weighted by atomic mass is 9.86. The van der Waals surface area contributed by atoms with Crippen LogP contribution in [0.1, 0.15) is 118 Å². The molecule has 2 aliphatic carbocycles. The number of amides is 3. The van der Waals surface area contributed by atoms with Gasteiger partial charge in [-0.25, -0.2) is 9.78 Å². The van der Waals surface area contributed by atoms with Crippen LogP contribution in [0.15, 0.2) is 58.2 Å². The first-order valence-electron chi connectivity index (χ1n) is 23.9. The molecule has 1 aromatic carbocycles. The summed E-state index contributed by atoms with van der Waals surface area (Å²) < 4.78 is 17.0.